The molecule has 1 amide bonds. The molecule has 3 atom stereocenters. The van der Waals surface area contributed by atoms with E-state index in [4.69, 9.17) is 4.74 Å². The van der Waals surface area contributed by atoms with Crippen molar-refractivity contribution in [1.29, 1.82) is 0 Å². The fraction of sp³-hybridized carbons (Fsp3) is 0.615. The third-order valence-corrected chi connectivity index (χ3v) is 5.75. The molecule has 1 aromatic rings. The van der Waals surface area contributed by atoms with Gasteiger partial charge in [-0.1, -0.05) is 5.21 Å². The number of methoxy groups -OCH3 is 1. The summed E-state index contributed by atoms with van der Waals surface area (Å²) in [5, 5.41) is 17.2. The Balaban J connectivity index is 1.94. The highest BCUT2D eigenvalue weighted by molar-refractivity contribution is 8.01. The van der Waals surface area contributed by atoms with Gasteiger partial charge in [0, 0.05) is 0 Å². The first-order valence-electron chi connectivity index (χ1n) is 6.98. The van der Waals surface area contributed by atoms with E-state index in [1.165, 1.54) is 28.5 Å². The lowest BCUT2D eigenvalue weighted by atomic mass is 9.96. The first-order valence-corrected chi connectivity index (χ1v) is 7.86. The van der Waals surface area contributed by atoms with E-state index < -0.39 is 22.7 Å². The number of carbonyl (C=O) groups excluding carboxylic acids is 2. The van der Waals surface area contributed by atoms with Gasteiger partial charge < -0.3 is 14.7 Å². The number of fused-ring (bicyclic) bond motifs is 1. The minimum atomic E-state index is -1.06. The SMILES string of the molecule is COC(=O)c1c(C)nnn1CC1(C)SC2CC(=O)N2C1C(=O)O. The third-order valence-electron chi connectivity index (χ3n) is 4.19. The minimum absolute atomic E-state index is 0.139. The topological polar surface area (TPSA) is 115 Å². The number of hydrogen-bond donors (Lipinski definition) is 1. The predicted octanol–water partition coefficient (Wildman–Crippen LogP) is -0.110. The average Bonchev–Trinajstić information content (AvgIpc) is 2.94. The van der Waals surface area contributed by atoms with Gasteiger partial charge in [0.1, 0.15) is 6.04 Å². The molecule has 0 spiro atoms. The van der Waals surface area contributed by atoms with Gasteiger partial charge in [0.25, 0.3) is 0 Å². The number of nitrogens with zero attached hydrogens (tertiary/aromatic N) is 4. The van der Waals surface area contributed by atoms with Gasteiger partial charge in [0.2, 0.25) is 5.91 Å². The Morgan fingerprint density at radius 1 is 1.52 bits per heavy atom. The van der Waals surface area contributed by atoms with Gasteiger partial charge in [0.15, 0.2) is 5.69 Å². The van der Waals surface area contributed by atoms with Crippen molar-refractivity contribution in [2.45, 2.75) is 43.0 Å². The largest absolute Gasteiger partial charge is 0.480 e. The molecule has 23 heavy (non-hydrogen) atoms. The van der Waals surface area contributed by atoms with E-state index in [1.807, 2.05) is 0 Å². The first kappa shape index (κ1) is 15.8. The third kappa shape index (κ3) is 2.28. The van der Waals surface area contributed by atoms with Crippen molar-refractivity contribution < 1.29 is 24.2 Å². The van der Waals surface area contributed by atoms with E-state index in [0.717, 1.165) is 0 Å². The van der Waals surface area contributed by atoms with Crippen molar-refractivity contribution in [1.82, 2.24) is 19.9 Å². The van der Waals surface area contributed by atoms with Crippen LogP contribution in [0.4, 0.5) is 0 Å². The second-order valence-electron chi connectivity index (χ2n) is 5.80. The summed E-state index contributed by atoms with van der Waals surface area (Å²) in [7, 11) is 1.26. The lowest BCUT2D eigenvalue weighted by molar-refractivity contribution is -0.157. The number of aromatic nitrogens is 3. The molecule has 0 aromatic carbocycles. The molecule has 2 fully saturated rings. The van der Waals surface area contributed by atoms with Crippen molar-refractivity contribution >= 4 is 29.6 Å². The van der Waals surface area contributed by atoms with E-state index in [1.54, 1.807) is 13.8 Å². The fourth-order valence-corrected chi connectivity index (χ4v) is 4.88. The molecule has 124 valence electrons. The summed E-state index contributed by atoms with van der Waals surface area (Å²) in [5.41, 5.74) is 0.605. The van der Waals surface area contributed by atoms with Crippen LogP contribution in [-0.4, -0.2) is 66.1 Å². The number of carboxylic acid groups (broad SMARTS) is 1. The number of rotatable bonds is 4. The molecule has 3 heterocycles. The van der Waals surface area contributed by atoms with E-state index >= 15 is 0 Å². The van der Waals surface area contributed by atoms with Gasteiger partial charge >= 0.3 is 11.9 Å². The summed E-state index contributed by atoms with van der Waals surface area (Å²) in [6, 6.07) is -0.964. The molecular formula is C13H16N4O5S. The molecule has 1 aromatic heterocycles. The van der Waals surface area contributed by atoms with Crippen LogP contribution in [0.1, 0.15) is 29.5 Å². The second kappa shape index (κ2) is 5.22. The first-order chi connectivity index (χ1) is 10.8. The van der Waals surface area contributed by atoms with Crippen LogP contribution in [0.5, 0.6) is 0 Å². The lowest BCUT2D eigenvalue weighted by Gasteiger charge is -2.36. The normalized spacial score (nSPS) is 29.2. The van der Waals surface area contributed by atoms with Crippen LogP contribution in [0.15, 0.2) is 0 Å². The Hall–Kier alpha value is -2.10. The summed E-state index contributed by atoms with van der Waals surface area (Å²) < 4.78 is 5.28. The maximum Gasteiger partial charge on any atom is 0.358 e. The maximum absolute atomic E-state index is 11.9. The molecular weight excluding hydrogens is 324 g/mol. The Labute approximate surface area is 136 Å². The maximum atomic E-state index is 11.9. The van der Waals surface area contributed by atoms with Crippen LogP contribution >= 0.6 is 11.8 Å². The molecule has 10 heteroatoms. The zero-order valence-electron chi connectivity index (χ0n) is 12.8. The highest BCUT2D eigenvalue weighted by atomic mass is 32.2. The number of ether oxygens (including phenoxy) is 1. The van der Waals surface area contributed by atoms with Crippen LogP contribution < -0.4 is 0 Å². The number of aliphatic carboxylic acids is 1. The molecule has 2 aliphatic heterocycles. The van der Waals surface area contributed by atoms with Crippen LogP contribution in [0, 0.1) is 6.92 Å². The van der Waals surface area contributed by atoms with Crippen LogP contribution in [0.25, 0.3) is 0 Å². The Kier molecular flexibility index (Phi) is 3.58. The number of carboxylic acids is 1. The quantitative estimate of drug-likeness (QED) is 0.596. The summed E-state index contributed by atoms with van der Waals surface area (Å²) in [6.45, 7) is 3.53. The van der Waals surface area contributed by atoms with Crippen LogP contribution in [-0.2, 0) is 20.9 Å². The molecule has 3 rings (SSSR count). The predicted molar refractivity (Wildman–Crippen MR) is 78.8 cm³/mol. The molecule has 0 saturated carbocycles. The second-order valence-corrected chi connectivity index (χ2v) is 7.52. The zero-order chi connectivity index (χ0) is 16.9. The number of carbonyl (C=O) groups is 3. The van der Waals surface area contributed by atoms with Gasteiger partial charge in [-0.2, -0.15) is 0 Å². The van der Waals surface area contributed by atoms with E-state index in [-0.39, 0.29) is 23.5 Å². The Morgan fingerprint density at radius 3 is 2.78 bits per heavy atom. The summed E-state index contributed by atoms with van der Waals surface area (Å²) >= 11 is 1.42. The van der Waals surface area contributed by atoms with E-state index in [9.17, 15) is 19.5 Å². The number of amides is 1. The fourth-order valence-electron chi connectivity index (χ4n) is 3.14. The monoisotopic (exact) mass is 340 g/mol. The smallest absolute Gasteiger partial charge is 0.358 e. The molecule has 0 bridgehead atoms. The highest BCUT2D eigenvalue weighted by Gasteiger charge is 2.61. The molecule has 9 nitrogen and oxygen atoms in total. The number of esters is 1. The molecule has 1 N–H and O–H groups in total. The van der Waals surface area contributed by atoms with Gasteiger partial charge in [-0.15, -0.1) is 16.9 Å². The average molecular weight is 340 g/mol. The number of β-lactam (4-membered cyclic amide) rings is 1. The van der Waals surface area contributed by atoms with Crippen LogP contribution in [0.2, 0.25) is 0 Å². The Bertz CT molecular complexity index is 705. The van der Waals surface area contributed by atoms with Crippen molar-refractivity contribution in [2.24, 2.45) is 0 Å². The van der Waals surface area contributed by atoms with Gasteiger partial charge in [0.05, 0.1) is 35.9 Å². The van der Waals surface area contributed by atoms with Gasteiger partial charge in [-0.3, -0.25) is 4.79 Å². The van der Waals surface area contributed by atoms with Gasteiger partial charge in [-0.25, -0.2) is 14.3 Å². The molecule has 2 aliphatic rings. The van der Waals surface area contributed by atoms with E-state index in [0.29, 0.717) is 12.1 Å². The lowest BCUT2D eigenvalue weighted by Crippen LogP contribution is -2.58. The van der Waals surface area contributed by atoms with Gasteiger partial charge in [-0.05, 0) is 13.8 Å². The summed E-state index contributed by atoms with van der Waals surface area (Å²) in [6.07, 6.45) is 0.338. The number of aryl methyl sites for hydroxylation is 1. The molecule has 3 unspecified atom stereocenters. The van der Waals surface area contributed by atoms with Crippen LogP contribution in [0.3, 0.4) is 0 Å². The summed E-state index contributed by atoms with van der Waals surface area (Å²) in [4.78, 5) is 36.7. The van der Waals surface area contributed by atoms with E-state index in [2.05, 4.69) is 10.3 Å². The minimum Gasteiger partial charge on any atom is -0.480 e. The number of hydrogen-bond acceptors (Lipinski definition) is 7. The van der Waals surface area contributed by atoms with Crippen molar-refractivity contribution in [3.05, 3.63) is 11.4 Å². The molecule has 0 aliphatic carbocycles. The summed E-state index contributed by atoms with van der Waals surface area (Å²) in [5.74, 6) is -1.81. The Morgan fingerprint density at radius 2 is 2.22 bits per heavy atom. The van der Waals surface area contributed by atoms with Crippen molar-refractivity contribution in [3.63, 3.8) is 0 Å². The number of thioether (sulfide) groups is 1. The highest BCUT2D eigenvalue weighted by Crippen LogP contribution is 2.51. The van der Waals surface area contributed by atoms with Crippen molar-refractivity contribution in [3.8, 4) is 0 Å². The van der Waals surface area contributed by atoms with Crippen molar-refractivity contribution in [2.75, 3.05) is 7.11 Å². The standard InChI is InChI=1S/C13H16N4O5S/c1-6-9(12(21)22-3)16(15-14-6)5-13(2)10(11(19)20)17-7(18)4-8(17)23-13/h8,10H,4-5H2,1-3H3,(H,19,20). The molecule has 0 radical (unpaired) electrons. The molecule has 2 saturated heterocycles. The zero-order valence-corrected chi connectivity index (χ0v) is 13.7.